The van der Waals surface area contributed by atoms with Crippen molar-refractivity contribution in [1.29, 1.82) is 0 Å². The first-order valence-corrected chi connectivity index (χ1v) is 13.3. The summed E-state index contributed by atoms with van der Waals surface area (Å²) in [5.41, 5.74) is -0.493. The van der Waals surface area contributed by atoms with Gasteiger partial charge in [-0.1, -0.05) is 87.4 Å². The third-order valence-electron chi connectivity index (χ3n) is 5.38. The summed E-state index contributed by atoms with van der Waals surface area (Å²) < 4.78 is 12.5. The summed E-state index contributed by atoms with van der Waals surface area (Å²) in [7, 11) is -2.58. The minimum absolute atomic E-state index is 0.0766. The van der Waals surface area contributed by atoms with E-state index in [4.69, 9.17) is 9.16 Å². The zero-order valence-electron chi connectivity index (χ0n) is 20.7. The van der Waals surface area contributed by atoms with Gasteiger partial charge in [-0.05, 0) is 49.5 Å². The van der Waals surface area contributed by atoms with Gasteiger partial charge in [0.05, 0.1) is 6.42 Å². The normalized spacial score (nSPS) is 13.1. The van der Waals surface area contributed by atoms with Crippen LogP contribution < -0.4 is 10.4 Å². The Morgan fingerprint density at radius 2 is 1.41 bits per heavy atom. The van der Waals surface area contributed by atoms with Gasteiger partial charge in [0.2, 0.25) is 0 Å². The molecule has 0 amide bonds. The molecule has 3 nitrogen and oxygen atoms in total. The molecule has 0 aliphatic rings. The van der Waals surface area contributed by atoms with Crippen molar-refractivity contribution >= 4 is 24.7 Å². The lowest BCUT2D eigenvalue weighted by molar-refractivity contribution is -0.155. The molecule has 0 saturated carbocycles. The van der Waals surface area contributed by atoms with E-state index in [2.05, 4.69) is 81.1 Å². The zero-order valence-corrected chi connectivity index (χ0v) is 21.7. The van der Waals surface area contributed by atoms with Crippen LogP contribution in [0.5, 0.6) is 0 Å². The Labute approximate surface area is 195 Å². The fourth-order valence-electron chi connectivity index (χ4n) is 4.13. The first kappa shape index (κ1) is 25.9. The summed E-state index contributed by atoms with van der Waals surface area (Å²) in [5.74, 6) is 5.86. The summed E-state index contributed by atoms with van der Waals surface area (Å²) in [6, 6.07) is 21.2. The third kappa shape index (κ3) is 6.82. The van der Waals surface area contributed by atoms with Gasteiger partial charge in [-0.25, -0.2) is 0 Å². The van der Waals surface area contributed by atoms with Crippen LogP contribution >= 0.6 is 0 Å². The molecular formula is C28H38O3Si. The van der Waals surface area contributed by atoms with E-state index in [1.54, 1.807) is 0 Å². The first-order chi connectivity index (χ1) is 15.0. The predicted octanol–water partition coefficient (Wildman–Crippen LogP) is 5.32. The smallest absolute Gasteiger partial charge is 0.307 e. The molecule has 32 heavy (non-hydrogen) atoms. The molecule has 0 aliphatic carbocycles. The Morgan fingerprint density at radius 1 is 0.906 bits per heavy atom. The molecule has 172 valence electrons. The van der Waals surface area contributed by atoms with E-state index in [1.807, 2.05) is 39.8 Å². The van der Waals surface area contributed by atoms with Crippen molar-refractivity contribution in [3.05, 3.63) is 60.7 Å². The molecule has 0 aromatic heterocycles. The lowest BCUT2D eigenvalue weighted by Crippen LogP contribution is -2.66. The van der Waals surface area contributed by atoms with Crippen molar-refractivity contribution in [1.82, 2.24) is 0 Å². The van der Waals surface area contributed by atoms with Crippen LogP contribution in [0.4, 0.5) is 0 Å². The highest BCUT2D eigenvalue weighted by molar-refractivity contribution is 6.99. The monoisotopic (exact) mass is 450 g/mol. The summed E-state index contributed by atoms with van der Waals surface area (Å²) in [6.07, 6.45) is 0.965. The molecule has 0 heterocycles. The van der Waals surface area contributed by atoms with Gasteiger partial charge in [-0.2, -0.15) is 0 Å². The predicted molar refractivity (Wildman–Crippen MR) is 136 cm³/mol. The third-order valence-corrected chi connectivity index (χ3v) is 10.4. The molecule has 4 heteroatoms. The lowest BCUT2D eigenvalue weighted by atomic mass is 10.0. The van der Waals surface area contributed by atoms with Crippen LogP contribution in [0.2, 0.25) is 5.04 Å². The van der Waals surface area contributed by atoms with Gasteiger partial charge in [-0.15, -0.1) is 5.92 Å². The number of esters is 1. The van der Waals surface area contributed by atoms with E-state index in [9.17, 15) is 4.79 Å². The van der Waals surface area contributed by atoms with E-state index < -0.39 is 13.9 Å². The van der Waals surface area contributed by atoms with E-state index >= 15 is 0 Å². The molecule has 0 saturated heterocycles. The summed E-state index contributed by atoms with van der Waals surface area (Å²) in [5, 5.41) is 2.43. The SMILES string of the molecule is CC#CC(CCO[Si](c1ccccc1)(c1ccccc1)C(C)(C)C)CC(=O)OC(C)(C)C. The van der Waals surface area contributed by atoms with Crippen molar-refractivity contribution in [3.8, 4) is 11.8 Å². The Hall–Kier alpha value is -2.35. The molecule has 0 fully saturated rings. The van der Waals surface area contributed by atoms with Crippen LogP contribution in [0.15, 0.2) is 60.7 Å². The molecular weight excluding hydrogens is 412 g/mol. The summed E-state index contributed by atoms with van der Waals surface area (Å²) in [6.45, 7) is 14.8. The number of hydrogen-bond acceptors (Lipinski definition) is 3. The topological polar surface area (TPSA) is 35.5 Å². The van der Waals surface area contributed by atoms with E-state index in [0.717, 1.165) is 0 Å². The van der Waals surface area contributed by atoms with Crippen LogP contribution in [0.25, 0.3) is 0 Å². The van der Waals surface area contributed by atoms with Crippen LogP contribution in [0.3, 0.4) is 0 Å². The van der Waals surface area contributed by atoms with Gasteiger partial charge in [0.25, 0.3) is 8.32 Å². The number of ether oxygens (including phenoxy) is 1. The van der Waals surface area contributed by atoms with Crippen molar-refractivity contribution in [3.63, 3.8) is 0 Å². The quantitative estimate of drug-likeness (QED) is 0.310. The minimum atomic E-state index is -2.58. The van der Waals surface area contributed by atoms with Crippen LogP contribution in [-0.2, 0) is 14.0 Å². The molecule has 0 spiro atoms. The van der Waals surface area contributed by atoms with Gasteiger partial charge in [0, 0.05) is 12.5 Å². The average Bonchev–Trinajstić information content (AvgIpc) is 2.70. The standard InChI is InChI=1S/C28H38O3Si/c1-8-15-23(22-26(29)31-27(2,3)4)20-21-30-32(28(5,6)7,24-16-11-9-12-17-24)25-18-13-10-14-19-25/h9-14,16-19,23H,20-22H2,1-7H3. The van der Waals surface area contributed by atoms with E-state index in [-0.39, 0.29) is 23.3 Å². The molecule has 1 unspecified atom stereocenters. The molecule has 0 aliphatic heterocycles. The van der Waals surface area contributed by atoms with Crippen molar-refractivity contribution < 1.29 is 14.0 Å². The molecule has 0 radical (unpaired) electrons. The summed E-state index contributed by atoms with van der Waals surface area (Å²) in [4.78, 5) is 12.4. The Morgan fingerprint density at radius 3 is 1.81 bits per heavy atom. The molecule has 2 aromatic rings. The highest BCUT2D eigenvalue weighted by atomic mass is 28.4. The second-order valence-corrected chi connectivity index (χ2v) is 14.5. The number of carbonyl (C=O) groups excluding carboxylic acids is 1. The van der Waals surface area contributed by atoms with Gasteiger partial charge >= 0.3 is 5.97 Å². The number of carbonyl (C=O) groups is 1. The Bertz CT molecular complexity index is 873. The van der Waals surface area contributed by atoms with Gasteiger partial charge < -0.3 is 9.16 Å². The average molecular weight is 451 g/mol. The van der Waals surface area contributed by atoms with Gasteiger partial charge in [0.15, 0.2) is 0 Å². The van der Waals surface area contributed by atoms with Crippen LogP contribution in [-0.4, -0.2) is 26.5 Å². The highest BCUT2D eigenvalue weighted by Gasteiger charge is 2.50. The maximum Gasteiger partial charge on any atom is 0.307 e. The van der Waals surface area contributed by atoms with E-state index in [0.29, 0.717) is 13.0 Å². The second-order valence-electron chi connectivity index (χ2n) is 10.2. The highest BCUT2D eigenvalue weighted by Crippen LogP contribution is 2.37. The maximum atomic E-state index is 12.4. The number of hydrogen-bond donors (Lipinski definition) is 0. The lowest BCUT2D eigenvalue weighted by Gasteiger charge is -2.43. The fraction of sp³-hybridized carbons (Fsp3) is 0.464. The molecule has 0 N–H and O–H groups in total. The minimum Gasteiger partial charge on any atom is -0.460 e. The summed E-state index contributed by atoms with van der Waals surface area (Å²) >= 11 is 0. The van der Waals surface area contributed by atoms with E-state index in [1.165, 1.54) is 10.4 Å². The van der Waals surface area contributed by atoms with Gasteiger partial charge in [0.1, 0.15) is 5.60 Å². The van der Waals surface area contributed by atoms with Crippen molar-refractivity contribution in [2.45, 2.75) is 71.9 Å². The molecule has 2 rings (SSSR count). The number of rotatable bonds is 8. The molecule has 0 bridgehead atoms. The maximum absolute atomic E-state index is 12.4. The Balaban J connectivity index is 2.30. The largest absolute Gasteiger partial charge is 0.460 e. The Kier molecular flexibility index (Phi) is 8.89. The molecule has 2 aromatic carbocycles. The second kappa shape index (κ2) is 11.0. The van der Waals surface area contributed by atoms with Crippen molar-refractivity contribution in [2.24, 2.45) is 5.92 Å². The first-order valence-electron chi connectivity index (χ1n) is 11.4. The van der Waals surface area contributed by atoms with Crippen molar-refractivity contribution in [2.75, 3.05) is 6.61 Å². The number of benzene rings is 2. The van der Waals surface area contributed by atoms with Crippen LogP contribution in [0.1, 0.15) is 61.3 Å². The van der Waals surface area contributed by atoms with Gasteiger partial charge in [-0.3, -0.25) is 4.79 Å². The zero-order chi connectivity index (χ0) is 23.8. The van der Waals surface area contributed by atoms with Crippen LogP contribution in [0, 0.1) is 17.8 Å². The molecule has 1 atom stereocenters. The fourth-order valence-corrected chi connectivity index (χ4v) is 8.71.